The van der Waals surface area contributed by atoms with Gasteiger partial charge in [-0.15, -0.1) is 0 Å². The second-order valence-corrected chi connectivity index (χ2v) is 7.01. The fraction of sp³-hybridized carbons (Fsp3) is 0.474. The number of rotatable bonds is 2. The van der Waals surface area contributed by atoms with Gasteiger partial charge in [0.25, 0.3) is 0 Å². The van der Waals surface area contributed by atoms with Crippen molar-refractivity contribution in [1.29, 1.82) is 0 Å². The fourth-order valence-electron chi connectivity index (χ4n) is 4.22. The van der Waals surface area contributed by atoms with E-state index in [0.717, 1.165) is 43.6 Å². The zero-order chi connectivity index (χ0) is 16.1. The van der Waals surface area contributed by atoms with Crippen molar-refractivity contribution < 1.29 is 0 Å². The molecule has 0 aliphatic carbocycles. The topological polar surface area (TPSA) is 37.2 Å². The summed E-state index contributed by atoms with van der Waals surface area (Å²) in [6, 6.07) is 8.60. The van der Waals surface area contributed by atoms with Crippen molar-refractivity contribution in [2.24, 2.45) is 7.05 Å². The van der Waals surface area contributed by atoms with Crippen molar-refractivity contribution >= 4 is 33.7 Å². The standard InChI is InChI=1S/C19H23N5/c1-22-15-9-3-2-8-14(15)16-17(22)20-19(24-12-6-7-13-24)21-18(16)23-10-4-5-11-23/h2-3,8-9H,4-7,10-13H2,1H3. The van der Waals surface area contributed by atoms with Crippen LogP contribution in [0.2, 0.25) is 0 Å². The zero-order valence-corrected chi connectivity index (χ0v) is 14.2. The van der Waals surface area contributed by atoms with Crippen LogP contribution in [0.5, 0.6) is 0 Å². The molecule has 0 unspecified atom stereocenters. The lowest BCUT2D eigenvalue weighted by Gasteiger charge is -2.21. The van der Waals surface area contributed by atoms with E-state index in [9.17, 15) is 0 Å². The molecule has 0 amide bonds. The quantitative estimate of drug-likeness (QED) is 0.725. The van der Waals surface area contributed by atoms with Crippen LogP contribution >= 0.6 is 0 Å². The molecule has 0 saturated carbocycles. The van der Waals surface area contributed by atoms with Crippen LogP contribution in [-0.2, 0) is 7.05 Å². The number of nitrogens with zero attached hydrogens (tertiary/aromatic N) is 5. The number of hydrogen-bond donors (Lipinski definition) is 0. The van der Waals surface area contributed by atoms with Crippen molar-refractivity contribution in [1.82, 2.24) is 14.5 Å². The van der Waals surface area contributed by atoms with E-state index in [-0.39, 0.29) is 0 Å². The largest absolute Gasteiger partial charge is 0.356 e. The predicted octanol–water partition coefficient (Wildman–Crippen LogP) is 3.32. The van der Waals surface area contributed by atoms with E-state index in [1.54, 1.807) is 0 Å². The van der Waals surface area contributed by atoms with Crippen molar-refractivity contribution in [3.63, 3.8) is 0 Å². The molecule has 0 atom stereocenters. The molecule has 2 aliphatic heterocycles. The van der Waals surface area contributed by atoms with Crippen LogP contribution < -0.4 is 9.80 Å². The molecule has 0 radical (unpaired) electrons. The van der Waals surface area contributed by atoms with E-state index in [2.05, 4.69) is 45.7 Å². The highest BCUT2D eigenvalue weighted by Crippen LogP contribution is 2.36. The third-order valence-electron chi connectivity index (χ3n) is 5.51. The molecule has 0 N–H and O–H groups in total. The third kappa shape index (κ3) is 2.00. The van der Waals surface area contributed by atoms with Crippen LogP contribution in [0.1, 0.15) is 25.7 Å². The highest BCUT2D eigenvalue weighted by Gasteiger charge is 2.24. The first-order valence-corrected chi connectivity index (χ1v) is 9.08. The van der Waals surface area contributed by atoms with Crippen LogP contribution in [-0.4, -0.2) is 40.7 Å². The predicted molar refractivity (Wildman–Crippen MR) is 98.9 cm³/mol. The number of aryl methyl sites for hydroxylation is 1. The van der Waals surface area contributed by atoms with Gasteiger partial charge in [0.05, 0.1) is 10.9 Å². The Hall–Kier alpha value is -2.30. The van der Waals surface area contributed by atoms with Gasteiger partial charge in [0.2, 0.25) is 5.95 Å². The first-order valence-electron chi connectivity index (χ1n) is 9.08. The molecular formula is C19H23N5. The summed E-state index contributed by atoms with van der Waals surface area (Å²) < 4.78 is 2.23. The van der Waals surface area contributed by atoms with Gasteiger partial charge in [0, 0.05) is 38.6 Å². The molecule has 2 aliphatic rings. The molecule has 5 rings (SSSR count). The Morgan fingerprint density at radius 3 is 2.25 bits per heavy atom. The van der Waals surface area contributed by atoms with Crippen LogP contribution in [0.15, 0.2) is 24.3 Å². The van der Waals surface area contributed by atoms with Gasteiger partial charge in [0.15, 0.2) is 0 Å². The molecule has 5 nitrogen and oxygen atoms in total. The molecule has 0 bridgehead atoms. The maximum atomic E-state index is 5.06. The Morgan fingerprint density at radius 2 is 1.50 bits per heavy atom. The highest BCUT2D eigenvalue weighted by atomic mass is 15.3. The van der Waals surface area contributed by atoms with E-state index < -0.39 is 0 Å². The van der Waals surface area contributed by atoms with E-state index >= 15 is 0 Å². The maximum absolute atomic E-state index is 5.06. The third-order valence-corrected chi connectivity index (χ3v) is 5.51. The number of anilines is 2. The van der Waals surface area contributed by atoms with E-state index in [1.807, 2.05) is 0 Å². The number of benzene rings is 1. The minimum absolute atomic E-state index is 0.910. The van der Waals surface area contributed by atoms with Crippen LogP contribution in [0.25, 0.3) is 21.9 Å². The molecule has 2 aromatic heterocycles. The van der Waals surface area contributed by atoms with E-state index in [0.29, 0.717) is 0 Å². The summed E-state index contributed by atoms with van der Waals surface area (Å²) in [7, 11) is 2.12. The second kappa shape index (κ2) is 5.36. The van der Waals surface area contributed by atoms with Crippen LogP contribution in [0.3, 0.4) is 0 Å². The van der Waals surface area contributed by atoms with Crippen molar-refractivity contribution in [3.8, 4) is 0 Å². The van der Waals surface area contributed by atoms with Gasteiger partial charge in [-0.2, -0.15) is 9.97 Å². The molecular weight excluding hydrogens is 298 g/mol. The summed E-state index contributed by atoms with van der Waals surface area (Å²) >= 11 is 0. The first-order chi connectivity index (χ1) is 11.8. The monoisotopic (exact) mass is 321 g/mol. The highest BCUT2D eigenvalue weighted by molar-refractivity contribution is 6.12. The van der Waals surface area contributed by atoms with Gasteiger partial charge in [-0.1, -0.05) is 18.2 Å². The molecule has 124 valence electrons. The SMILES string of the molecule is Cn1c2ccccc2c2c(N3CCCC3)nc(N3CCCC3)nc21. The lowest BCUT2D eigenvalue weighted by molar-refractivity contribution is 0.873. The summed E-state index contributed by atoms with van der Waals surface area (Å²) in [5.41, 5.74) is 2.30. The minimum Gasteiger partial charge on any atom is -0.356 e. The average Bonchev–Trinajstić information content (AvgIpc) is 3.36. The molecule has 2 saturated heterocycles. The Morgan fingerprint density at radius 1 is 0.833 bits per heavy atom. The van der Waals surface area contributed by atoms with Gasteiger partial charge < -0.3 is 14.4 Å². The number of para-hydroxylation sites is 1. The summed E-state index contributed by atoms with van der Waals surface area (Å²) in [6.45, 7) is 4.37. The molecule has 24 heavy (non-hydrogen) atoms. The van der Waals surface area contributed by atoms with Crippen molar-refractivity contribution in [3.05, 3.63) is 24.3 Å². The molecule has 5 heteroatoms. The number of aromatic nitrogens is 3. The van der Waals surface area contributed by atoms with Gasteiger partial charge in [-0.05, 0) is 31.7 Å². The normalized spacial score (nSPS) is 18.4. The van der Waals surface area contributed by atoms with Crippen LogP contribution in [0.4, 0.5) is 11.8 Å². The summed E-state index contributed by atoms with van der Waals surface area (Å²) in [4.78, 5) is 14.8. The molecule has 2 fully saturated rings. The van der Waals surface area contributed by atoms with Crippen molar-refractivity contribution in [2.75, 3.05) is 36.0 Å². The lowest BCUT2D eigenvalue weighted by atomic mass is 10.2. The van der Waals surface area contributed by atoms with Gasteiger partial charge in [-0.3, -0.25) is 0 Å². The minimum atomic E-state index is 0.910. The summed E-state index contributed by atoms with van der Waals surface area (Å²) in [6.07, 6.45) is 5.01. The number of fused-ring (bicyclic) bond motifs is 3. The van der Waals surface area contributed by atoms with E-state index in [4.69, 9.17) is 9.97 Å². The van der Waals surface area contributed by atoms with Gasteiger partial charge in [-0.25, -0.2) is 0 Å². The van der Waals surface area contributed by atoms with E-state index in [1.165, 1.54) is 42.0 Å². The number of hydrogen-bond acceptors (Lipinski definition) is 4. The average molecular weight is 321 g/mol. The zero-order valence-electron chi connectivity index (χ0n) is 14.2. The second-order valence-electron chi connectivity index (χ2n) is 7.01. The smallest absolute Gasteiger partial charge is 0.229 e. The molecule has 4 heterocycles. The Kier molecular flexibility index (Phi) is 3.15. The fourth-order valence-corrected chi connectivity index (χ4v) is 4.22. The van der Waals surface area contributed by atoms with Crippen LogP contribution in [0, 0.1) is 0 Å². The Bertz CT molecular complexity index is 901. The van der Waals surface area contributed by atoms with Gasteiger partial charge in [0.1, 0.15) is 11.5 Å². The summed E-state index contributed by atoms with van der Waals surface area (Å²) in [5, 5.41) is 2.49. The van der Waals surface area contributed by atoms with Crippen molar-refractivity contribution in [2.45, 2.75) is 25.7 Å². The summed E-state index contributed by atoms with van der Waals surface area (Å²) in [5.74, 6) is 2.05. The lowest BCUT2D eigenvalue weighted by Crippen LogP contribution is -2.24. The Balaban J connectivity index is 1.82. The Labute approximate surface area is 141 Å². The maximum Gasteiger partial charge on any atom is 0.229 e. The first kappa shape index (κ1) is 14.1. The molecule has 1 aromatic carbocycles. The van der Waals surface area contributed by atoms with Gasteiger partial charge >= 0.3 is 0 Å². The molecule has 0 spiro atoms. The molecule has 3 aromatic rings.